The SMILES string of the molecule is Cl.Cl.Cn1c(CN)cc2cc(F)ccc21. The van der Waals surface area contributed by atoms with E-state index in [0.29, 0.717) is 6.54 Å². The quantitative estimate of drug-likeness (QED) is 0.829. The van der Waals surface area contributed by atoms with Crippen LogP contribution in [-0.4, -0.2) is 4.57 Å². The Labute approximate surface area is 100 Å². The van der Waals surface area contributed by atoms with Crippen LogP contribution >= 0.6 is 24.8 Å². The number of aromatic nitrogens is 1. The normalized spacial score (nSPS) is 9.53. The smallest absolute Gasteiger partial charge is 0.123 e. The van der Waals surface area contributed by atoms with Crippen molar-refractivity contribution in [3.05, 3.63) is 35.8 Å². The summed E-state index contributed by atoms with van der Waals surface area (Å²) in [5.74, 6) is -0.207. The van der Waals surface area contributed by atoms with E-state index in [1.807, 2.05) is 17.7 Å². The van der Waals surface area contributed by atoms with Gasteiger partial charge in [-0.3, -0.25) is 0 Å². The van der Waals surface area contributed by atoms with Gasteiger partial charge in [0, 0.05) is 30.2 Å². The van der Waals surface area contributed by atoms with Crippen LogP contribution in [0.4, 0.5) is 4.39 Å². The number of hydrogen-bond donors (Lipinski definition) is 1. The zero-order chi connectivity index (χ0) is 9.42. The maximum Gasteiger partial charge on any atom is 0.123 e. The topological polar surface area (TPSA) is 30.9 Å². The molecule has 2 rings (SSSR count). The first-order valence-electron chi connectivity index (χ1n) is 4.16. The van der Waals surface area contributed by atoms with Gasteiger partial charge in [0.25, 0.3) is 0 Å². The molecule has 5 heteroatoms. The third-order valence-corrected chi connectivity index (χ3v) is 2.31. The Morgan fingerprint density at radius 1 is 1.27 bits per heavy atom. The summed E-state index contributed by atoms with van der Waals surface area (Å²) >= 11 is 0. The second kappa shape index (κ2) is 5.35. The fourth-order valence-electron chi connectivity index (χ4n) is 1.57. The van der Waals surface area contributed by atoms with Crippen molar-refractivity contribution in [3.63, 3.8) is 0 Å². The average molecular weight is 251 g/mol. The van der Waals surface area contributed by atoms with E-state index in [4.69, 9.17) is 5.73 Å². The molecule has 1 aromatic heterocycles. The highest BCUT2D eigenvalue weighted by Gasteiger charge is 2.04. The second-order valence-corrected chi connectivity index (χ2v) is 3.10. The lowest BCUT2D eigenvalue weighted by Crippen LogP contribution is -2.02. The molecular weight excluding hydrogens is 238 g/mol. The molecule has 0 aliphatic rings. The van der Waals surface area contributed by atoms with Crippen LogP contribution in [0.25, 0.3) is 10.9 Å². The van der Waals surface area contributed by atoms with Crippen LogP contribution < -0.4 is 5.73 Å². The number of benzene rings is 1. The molecule has 2 N–H and O–H groups in total. The lowest BCUT2D eigenvalue weighted by Gasteiger charge is -1.99. The summed E-state index contributed by atoms with van der Waals surface area (Å²) in [6.45, 7) is 0.479. The first-order valence-corrected chi connectivity index (χ1v) is 4.16. The highest BCUT2D eigenvalue weighted by Crippen LogP contribution is 2.19. The maximum absolute atomic E-state index is 12.8. The van der Waals surface area contributed by atoms with Crippen molar-refractivity contribution < 1.29 is 4.39 Å². The zero-order valence-electron chi connectivity index (χ0n) is 8.24. The number of fused-ring (bicyclic) bond motifs is 1. The fourth-order valence-corrected chi connectivity index (χ4v) is 1.57. The van der Waals surface area contributed by atoms with Gasteiger partial charge in [-0.25, -0.2) is 4.39 Å². The molecule has 0 fully saturated rings. The van der Waals surface area contributed by atoms with Crippen molar-refractivity contribution in [2.75, 3.05) is 0 Å². The van der Waals surface area contributed by atoms with Gasteiger partial charge in [0.05, 0.1) is 0 Å². The van der Waals surface area contributed by atoms with Crippen molar-refractivity contribution in [2.24, 2.45) is 12.8 Å². The number of hydrogen-bond acceptors (Lipinski definition) is 1. The molecule has 0 amide bonds. The average Bonchev–Trinajstić information content (AvgIpc) is 2.42. The van der Waals surface area contributed by atoms with Crippen molar-refractivity contribution in [1.82, 2.24) is 4.57 Å². The van der Waals surface area contributed by atoms with Gasteiger partial charge in [0.2, 0.25) is 0 Å². The van der Waals surface area contributed by atoms with Crippen LogP contribution in [0.5, 0.6) is 0 Å². The van der Waals surface area contributed by atoms with E-state index >= 15 is 0 Å². The molecule has 0 saturated heterocycles. The molecule has 0 unspecified atom stereocenters. The Morgan fingerprint density at radius 3 is 2.53 bits per heavy atom. The molecule has 0 radical (unpaired) electrons. The summed E-state index contributed by atoms with van der Waals surface area (Å²) in [6.07, 6.45) is 0. The van der Waals surface area contributed by atoms with E-state index < -0.39 is 0 Å². The number of nitrogens with zero attached hydrogens (tertiary/aromatic N) is 1. The minimum Gasteiger partial charge on any atom is -0.346 e. The standard InChI is InChI=1S/C10H11FN2.2ClH/c1-13-9(6-12)5-7-4-8(11)2-3-10(7)13;;/h2-5H,6,12H2,1H3;2*1H. The minimum absolute atomic E-state index is 0. The summed E-state index contributed by atoms with van der Waals surface area (Å²) in [5.41, 5.74) is 7.57. The van der Waals surface area contributed by atoms with Gasteiger partial charge in [-0.05, 0) is 24.3 Å². The highest BCUT2D eigenvalue weighted by atomic mass is 35.5. The largest absolute Gasteiger partial charge is 0.346 e. The maximum atomic E-state index is 12.8. The van der Waals surface area contributed by atoms with Gasteiger partial charge in [0.15, 0.2) is 0 Å². The van der Waals surface area contributed by atoms with Gasteiger partial charge < -0.3 is 10.3 Å². The van der Waals surface area contributed by atoms with Crippen LogP contribution in [0, 0.1) is 5.82 Å². The predicted octanol–water partition coefficient (Wildman–Crippen LogP) is 2.62. The minimum atomic E-state index is -0.207. The number of halogens is 3. The van der Waals surface area contributed by atoms with E-state index in [2.05, 4.69) is 0 Å². The van der Waals surface area contributed by atoms with E-state index in [9.17, 15) is 4.39 Å². The van der Waals surface area contributed by atoms with Crippen LogP contribution in [0.15, 0.2) is 24.3 Å². The molecule has 15 heavy (non-hydrogen) atoms. The lowest BCUT2D eigenvalue weighted by atomic mass is 10.2. The highest BCUT2D eigenvalue weighted by molar-refractivity contribution is 5.85. The van der Waals surface area contributed by atoms with Crippen LogP contribution in [0.3, 0.4) is 0 Å². The van der Waals surface area contributed by atoms with E-state index in [1.54, 1.807) is 6.07 Å². The van der Waals surface area contributed by atoms with E-state index in [-0.39, 0.29) is 30.6 Å². The fraction of sp³-hybridized carbons (Fsp3) is 0.200. The number of rotatable bonds is 1. The summed E-state index contributed by atoms with van der Waals surface area (Å²) in [6, 6.07) is 6.67. The van der Waals surface area contributed by atoms with Gasteiger partial charge >= 0.3 is 0 Å². The lowest BCUT2D eigenvalue weighted by molar-refractivity contribution is 0.629. The molecule has 0 aliphatic carbocycles. The molecule has 0 atom stereocenters. The Bertz CT molecular complexity index is 454. The van der Waals surface area contributed by atoms with Crippen molar-refractivity contribution in [2.45, 2.75) is 6.54 Å². The number of aryl methyl sites for hydroxylation is 1. The van der Waals surface area contributed by atoms with Gasteiger partial charge in [-0.2, -0.15) is 0 Å². The third-order valence-electron chi connectivity index (χ3n) is 2.31. The molecule has 2 nitrogen and oxygen atoms in total. The van der Waals surface area contributed by atoms with Crippen LogP contribution in [-0.2, 0) is 13.6 Å². The monoisotopic (exact) mass is 250 g/mol. The Hall–Kier alpha value is -0.770. The van der Waals surface area contributed by atoms with Gasteiger partial charge in [0.1, 0.15) is 5.82 Å². The van der Waals surface area contributed by atoms with E-state index in [1.165, 1.54) is 12.1 Å². The molecule has 84 valence electrons. The number of nitrogens with two attached hydrogens (primary N) is 1. The Kier molecular flexibility index (Phi) is 5.08. The zero-order valence-corrected chi connectivity index (χ0v) is 9.87. The first-order chi connectivity index (χ1) is 6.22. The molecule has 0 aliphatic heterocycles. The van der Waals surface area contributed by atoms with Crippen molar-refractivity contribution >= 4 is 35.7 Å². The van der Waals surface area contributed by atoms with Crippen molar-refractivity contribution in [3.8, 4) is 0 Å². The molecule has 1 aromatic carbocycles. The summed E-state index contributed by atoms with van der Waals surface area (Å²) < 4.78 is 14.8. The first kappa shape index (κ1) is 14.2. The molecule has 1 heterocycles. The third kappa shape index (κ3) is 2.43. The Balaban J connectivity index is 0.000000980. The van der Waals surface area contributed by atoms with Crippen LogP contribution in [0.1, 0.15) is 5.69 Å². The molecule has 0 bridgehead atoms. The Morgan fingerprint density at radius 2 is 1.93 bits per heavy atom. The van der Waals surface area contributed by atoms with Crippen LogP contribution in [0.2, 0.25) is 0 Å². The van der Waals surface area contributed by atoms with E-state index in [0.717, 1.165) is 16.6 Å². The molecular formula is C10H13Cl2FN2. The molecule has 2 aromatic rings. The van der Waals surface area contributed by atoms with Gasteiger partial charge in [-0.1, -0.05) is 0 Å². The molecule has 0 saturated carbocycles. The predicted molar refractivity (Wildman–Crippen MR) is 65.3 cm³/mol. The molecule has 0 spiro atoms. The van der Waals surface area contributed by atoms with Crippen molar-refractivity contribution in [1.29, 1.82) is 0 Å². The summed E-state index contributed by atoms with van der Waals surface area (Å²) in [7, 11) is 1.93. The summed E-state index contributed by atoms with van der Waals surface area (Å²) in [5, 5.41) is 0.906. The second-order valence-electron chi connectivity index (χ2n) is 3.10. The van der Waals surface area contributed by atoms with Gasteiger partial charge in [-0.15, -0.1) is 24.8 Å². The summed E-state index contributed by atoms with van der Waals surface area (Å²) in [4.78, 5) is 0.